The number of aryl methyl sites for hydroxylation is 2. The van der Waals surface area contributed by atoms with Crippen LogP contribution in [0.25, 0.3) is 0 Å². The molecule has 0 saturated carbocycles. The standard InChI is InChI=1S/C13H21NO/c1-10-6-7-11(2)13(9-10)15-8-4-5-12(3)14/h6-7,9,12H,4-5,8,14H2,1-3H3. The molecule has 2 N–H and O–H groups in total. The zero-order chi connectivity index (χ0) is 11.3. The van der Waals surface area contributed by atoms with E-state index in [1.54, 1.807) is 0 Å². The van der Waals surface area contributed by atoms with Crippen molar-refractivity contribution >= 4 is 0 Å². The molecule has 0 saturated heterocycles. The van der Waals surface area contributed by atoms with Gasteiger partial charge in [-0.3, -0.25) is 0 Å². The Morgan fingerprint density at radius 2 is 2.07 bits per heavy atom. The fourth-order valence-electron chi connectivity index (χ4n) is 1.45. The molecule has 0 aliphatic rings. The molecule has 0 fully saturated rings. The lowest BCUT2D eigenvalue weighted by atomic mass is 10.1. The summed E-state index contributed by atoms with van der Waals surface area (Å²) >= 11 is 0. The highest BCUT2D eigenvalue weighted by Crippen LogP contribution is 2.19. The van der Waals surface area contributed by atoms with E-state index < -0.39 is 0 Å². The predicted octanol–water partition coefficient (Wildman–Crippen LogP) is 2.81. The van der Waals surface area contributed by atoms with Crippen molar-refractivity contribution in [2.24, 2.45) is 5.73 Å². The molecule has 1 atom stereocenters. The number of rotatable bonds is 5. The average Bonchev–Trinajstić information content (AvgIpc) is 2.17. The van der Waals surface area contributed by atoms with Gasteiger partial charge >= 0.3 is 0 Å². The molecule has 0 radical (unpaired) electrons. The van der Waals surface area contributed by atoms with Gasteiger partial charge in [0.15, 0.2) is 0 Å². The van der Waals surface area contributed by atoms with Gasteiger partial charge in [-0.25, -0.2) is 0 Å². The largest absolute Gasteiger partial charge is 0.493 e. The van der Waals surface area contributed by atoms with Crippen molar-refractivity contribution in [2.45, 2.75) is 39.7 Å². The van der Waals surface area contributed by atoms with Gasteiger partial charge in [0.1, 0.15) is 5.75 Å². The molecule has 2 nitrogen and oxygen atoms in total. The minimum absolute atomic E-state index is 0.271. The van der Waals surface area contributed by atoms with E-state index in [0.29, 0.717) is 0 Å². The molecule has 1 aromatic carbocycles. The first-order chi connectivity index (χ1) is 7.09. The molecule has 84 valence electrons. The summed E-state index contributed by atoms with van der Waals surface area (Å²) in [5, 5.41) is 0. The third-order valence-electron chi connectivity index (χ3n) is 2.41. The van der Waals surface area contributed by atoms with Gasteiger partial charge in [0, 0.05) is 6.04 Å². The van der Waals surface area contributed by atoms with Crippen LogP contribution in [0.4, 0.5) is 0 Å². The summed E-state index contributed by atoms with van der Waals surface area (Å²) in [6.07, 6.45) is 2.04. The van der Waals surface area contributed by atoms with Crippen molar-refractivity contribution in [2.75, 3.05) is 6.61 Å². The van der Waals surface area contributed by atoms with Crippen LogP contribution in [0.1, 0.15) is 30.9 Å². The first-order valence-corrected chi connectivity index (χ1v) is 5.55. The van der Waals surface area contributed by atoms with Crippen molar-refractivity contribution in [1.82, 2.24) is 0 Å². The fourth-order valence-corrected chi connectivity index (χ4v) is 1.45. The van der Waals surface area contributed by atoms with Gasteiger partial charge in [-0.2, -0.15) is 0 Å². The molecular formula is C13H21NO. The second kappa shape index (κ2) is 5.76. The van der Waals surface area contributed by atoms with E-state index in [1.165, 1.54) is 11.1 Å². The van der Waals surface area contributed by atoms with Gasteiger partial charge in [0.2, 0.25) is 0 Å². The van der Waals surface area contributed by atoms with E-state index in [-0.39, 0.29) is 6.04 Å². The fraction of sp³-hybridized carbons (Fsp3) is 0.538. The minimum Gasteiger partial charge on any atom is -0.493 e. The minimum atomic E-state index is 0.271. The van der Waals surface area contributed by atoms with Crippen molar-refractivity contribution in [3.05, 3.63) is 29.3 Å². The van der Waals surface area contributed by atoms with E-state index >= 15 is 0 Å². The van der Waals surface area contributed by atoms with Crippen molar-refractivity contribution in [3.8, 4) is 5.75 Å². The van der Waals surface area contributed by atoms with Crippen LogP contribution in [0.5, 0.6) is 5.75 Å². The average molecular weight is 207 g/mol. The zero-order valence-electron chi connectivity index (χ0n) is 9.92. The number of hydrogen-bond acceptors (Lipinski definition) is 2. The van der Waals surface area contributed by atoms with Crippen molar-refractivity contribution in [3.63, 3.8) is 0 Å². The summed E-state index contributed by atoms with van der Waals surface area (Å²) in [5.74, 6) is 1.000. The molecule has 1 aromatic rings. The number of nitrogens with two attached hydrogens (primary N) is 1. The third kappa shape index (κ3) is 4.34. The smallest absolute Gasteiger partial charge is 0.122 e. The molecule has 2 heteroatoms. The number of ether oxygens (including phenoxy) is 1. The first-order valence-electron chi connectivity index (χ1n) is 5.55. The van der Waals surface area contributed by atoms with Gasteiger partial charge < -0.3 is 10.5 Å². The molecule has 1 rings (SSSR count). The quantitative estimate of drug-likeness (QED) is 0.753. The summed E-state index contributed by atoms with van der Waals surface area (Å²) in [6, 6.07) is 6.55. The Morgan fingerprint density at radius 1 is 1.33 bits per heavy atom. The van der Waals surface area contributed by atoms with Crippen LogP contribution < -0.4 is 10.5 Å². The van der Waals surface area contributed by atoms with E-state index in [9.17, 15) is 0 Å². The molecule has 0 spiro atoms. The van der Waals surface area contributed by atoms with E-state index in [1.807, 2.05) is 6.92 Å². The SMILES string of the molecule is Cc1ccc(C)c(OCCCC(C)N)c1. The van der Waals surface area contributed by atoms with Gasteiger partial charge in [-0.15, -0.1) is 0 Å². The van der Waals surface area contributed by atoms with E-state index in [0.717, 1.165) is 25.2 Å². The highest BCUT2D eigenvalue weighted by atomic mass is 16.5. The van der Waals surface area contributed by atoms with Crippen LogP contribution in [0.15, 0.2) is 18.2 Å². The van der Waals surface area contributed by atoms with E-state index in [4.69, 9.17) is 10.5 Å². The predicted molar refractivity (Wildman–Crippen MR) is 64.3 cm³/mol. The van der Waals surface area contributed by atoms with Crippen LogP contribution in [-0.2, 0) is 0 Å². The van der Waals surface area contributed by atoms with Crippen LogP contribution in [-0.4, -0.2) is 12.6 Å². The maximum absolute atomic E-state index is 5.71. The van der Waals surface area contributed by atoms with Crippen LogP contribution in [0.3, 0.4) is 0 Å². The van der Waals surface area contributed by atoms with E-state index in [2.05, 4.69) is 32.0 Å². The van der Waals surface area contributed by atoms with Gasteiger partial charge in [0.25, 0.3) is 0 Å². The molecule has 0 bridgehead atoms. The molecule has 0 amide bonds. The zero-order valence-corrected chi connectivity index (χ0v) is 9.92. The Kier molecular flexibility index (Phi) is 4.63. The number of hydrogen-bond donors (Lipinski definition) is 1. The monoisotopic (exact) mass is 207 g/mol. The molecule has 0 heterocycles. The molecule has 0 aliphatic heterocycles. The van der Waals surface area contributed by atoms with Gasteiger partial charge in [0.05, 0.1) is 6.61 Å². The first kappa shape index (κ1) is 12.1. The Morgan fingerprint density at radius 3 is 2.73 bits per heavy atom. The molecule has 0 aliphatic carbocycles. The highest BCUT2D eigenvalue weighted by Gasteiger charge is 2.00. The van der Waals surface area contributed by atoms with Crippen LogP contribution in [0, 0.1) is 13.8 Å². The maximum Gasteiger partial charge on any atom is 0.122 e. The normalized spacial score (nSPS) is 12.5. The Bertz CT molecular complexity index is 307. The Hall–Kier alpha value is -1.02. The lowest BCUT2D eigenvalue weighted by Crippen LogP contribution is -2.15. The second-order valence-corrected chi connectivity index (χ2v) is 4.24. The summed E-state index contributed by atoms with van der Waals surface area (Å²) in [7, 11) is 0. The van der Waals surface area contributed by atoms with Crippen molar-refractivity contribution in [1.29, 1.82) is 0 Å². The van der Waals surface area contributed by atoms with Crippen molar-refractivity contribution < 1.29 is 4.74 Å². The van der Waals surface area contributed by atoms with Gasteiger partial charge in [-0.1, -0.05) is 12.1 Å². The summed E-state index contributed by atoms with van der Waals surface area (Å²) < 4.78 is 5.71. The lowest BCUT2D eigenvalue weighted by Gasteiger charge is -2.10. The van der Waals surface area contributed by atoms with Gasteiger partial charge in [-0.05, 0) is 50.8 Å². The Labute approximate surface area is 92.4 Å². The highest BCUT2D eigenvalue weighted by molar-refractivity contribution is 5.35. The topological polar surface area (TPSA) is 35.2 Å². The Balaban J connectivity index is 2.40. The molecule has 15 heavy (non-hydrogen) atoms. The summed E-state index contributed by atoms with van der Waals surface area (Å²) in [6.45, 7) is 6.93. The third-order valence-corrected chi connectivity index (χ3v) is 2.41. The summed E-state index contributed by atoms with van der Waals surface area (Å²) in [5.41, 5.74) is 8.10. The molecule has 0 aromatic heterocycles. The summed E-state index contributed by atoms with van der Waals surface area (Å²) in [4.78, 5) is 0. The number of benzene rings is 1. The molecule has 1 unspecified atom stereocenters. The van der Waals surface area contributed by atoms with Crippen LogP contribution in [0.2, 0.25) is 0 Å². The second-order valence-electron chi connectivity index (χ2n) is 4.24. The maximum atomic E-state index is 5.71. The molecular weight excluding hydrogens is 186 g/mol. The lowest BCUT2D eigenvalue weighted by molar-refractivity contribution is 0.301. The van der Waals surface area contributed by atoms with Crippen LogP contribution >= 0.6 is 0 Å².